The van der Waals surface area contributed by atoms with Gasteiger partial charge in [-0.1, -0.05) is 6.07 Å². The van der Waals surface area contributed by atoms with Crippen LogP contribution in [0.2, 0.25) is 0 Å². The number of hydrogen-bond donors (Lipinski definition) is 0. The molecule has 0 amide bonds. The van der Waals surface area contributed by atoms with Gasteiger partial charge in [0.2, 0.25) is 0 Å². The molecule has 2 heteroatoms. The number of rotatable bonds is 0. The summed E-state index contributed by atoms with van der Waals surface area (Å²) in [7, 11) is 2.00. The van der Waals surface area contributed by atoms with E-state index in [0.717, 1.165) is 0 Å². The first-order chi connectivity index (χ1) is 4.39. The predicted octanol–water partition coefficient (Wildman–Crippen LogP) is 1.37. The maximum absolute atomic E-state index is 4.64. The summed E-state index contributed by atoms with van der Waals surface area (Å²) in [6.45, 7) is 0. The van der Waals surface area contributed by atoms with E-state index in [4.69, 9.17) is 0 Å². The molecule has 0 fully saturated rings. The Kier molecular flexibility index (Phi) is 5.23. The fraction of sp³-hybridized carbons (Fsp3) is 0.286. The van der Waals surface area contributed by atoms with E-state index >= 15 is 0 Å². The molecule has 0 aromatic carbocycles. The quantitative estimate of drug-likeness (QED) is 0.383. The molecule has 0 atom stereocenters. The minimum atomic E-state index is 1.47. The van der Waals surface area contributed by atoms with Gasteiger partial charge in [0.05, 0.1) is 0 Å². The molecule has 0 saturated carbocycles. The summed E-state index contributed by atoms with van der Waals surface area (Å²) in [5.41, 5.74) is 0. The Morgan fingerprint density at radius 1 is 1.00 bits per heavy atom. The van der Waals surface area contributed by atoms with Gasteiger partial charge in [-0.05, 0) is 0 Å². The van der Waals surface area contributed by atoms with Gasteiger partial charge in [0.25, 0.3) is 0 Å². The summed E-state index contributed by atoms with van der Waals surface area (Å²) < 4.78 is 2.00. The standard InChI is InChI=1S/C6H8N.CH3Cl/c1-7-5-3-2-4-6-7;1-2/h2-6H,1H3;1H3/q+1;. The van der Waals surface area contributed by atoms with Crippen molar-refractivity contribution in [2.45, 2.75) is 0 Å². The van der Waals surface area contributed by atoms with Gasteiger partial charge in [0.15, 0.2) is 12.4 Å². The molecule has 50 valence electrons. The van der Waals surface area contributed by atoms with E-state index in [-0.39, 0.29) is 0 Å². The second kappa shape index (κ2) is 5.57. The zero-order chi connectivity index (χ0) is 7.11. The zero-order valence-electron chi connectivity index (χ0n) is 5.71. The van der Waals surface area contributed by atoms with Crippen LogP contribution in [0, 0.1) is 0 Å². The van der Waals surface area contributed by atoms with Gasteiger partial charge in [-0.3, -0.25) is 0 Å². The molecule has 0 spiro atoms. The Labute approximate surface area is 60.9 Å². The fourth-order valence-corrected chi connectivity index (χ4v) is 0.485. The molecule has 1 aromatic heterocycles. The normalized spacial score (nSPS) is 7.44. The lowest BCUT2D eigenvalue weighted by atomic mass is 10.5. The van der Waals surface area contributed by atoms with Crippen molar-refractivity contribution in [2.75, 3.05) is 6.38 Å². The summed E-state index contributed by atoms with van der Waals surface area (Å²) in [4.78, 5) is 0. The summed E-state index contributed by atoms with van der Waals surface area (Å²) in [5, 5.41) is 0. The van der Waals surface area contributed by atoms with Crippen LogP contribution >= 0.6 is 11.6 Å². The van der Waals surface area contributed by atoms with Crippen molar-refractivity contribution in [1.29, 1.82) is 0 Å². The number of aryl methyl sites for hydroxylation is 1. The van der Waals surface area contributed by atoms with Crippen LogP contribution in [0.5, 0.6) is 0 Å². The van der Waals surface area contributed by atoms with Gasteiger partial charge in [-0.25, -0.2) is 4.57 Å². The van der Waals surface area contributed by atoms with Crippen LogP contribution < -0.4 is 4.57 Å². The molecule has 0 aliphatic rings. The van der Waals surface area contributed by atoms with Crippen LogP contribution in [0.1, 0.15) is 0 Å². The first-order valence-corrected chi connectivity index (χ1v) is 3.43. The van der Waals surface area contributed by atoms with Crippen LogP contribution in [-0.2, 0) is 7.05 Å². The highest BCUT2D eigenvalue weighted by molar-refractivity contribution is 6.15. The van der Waals surface area contributed by atoms with E-state index < -0.39 is 0 Å². The summed E-state index contributed by atoms with van der Waals surface area (Å²) in [6, 6.07) is 6.00. The average molecular weight is 145 g/mol. The van der Waals surface area contributed by atoms with Crippen LogP contribution in [0.4, 0.5) is 0 Å². The number of hydrogen-bond acceptors (Lipinski definition) is 0. The van der Waals surface area contributed by atoms with E-state index in [0.29, 0.717) is 0 Å². The van der Waals surface area contributed by atoms with Crippen LogP contribution in [0.25, 0.3) is 0 Å². The van der Waals surface area contributed by atoms with E-state index in [1.165, 1.54) is 6.38 Å². The first-order valence-electron chi connectivity index (χ1n) is 2.67. The van der Waals surface area contributed by atoms with E-state index in [2.05, 4.69) is 11.6 Å². The highest BCUT2D eigenvalue weighted by Gasteiger charge is 1.78. The van der Waals surface area contributed by atoms with Crippen molar-refractivity contribution < 1.29 is 4.57 Å². The largest absolute Gasteiger partial charge is 0.208 e. The number of nitrogens with zero attached hydrogens (tertiary/aromatic N) is 1. The van der Waals surface area contributed by atoms with Crippen LogP contribution in [0.15, 0.2) is 30.6 Å². The van der Waals surface area contributed by atoms with E-state index in [1.54, 1.807) is 0 Å². The minimum absolute atomic E-state index is 1.47. The molecular formula is C7H11ClN+. The average Bonchev–Trinajstić information content (AvgIpc) is 1.94. The second-order valence-corrected chi connectivity index (χ2v) is 1.54. The summed E-state index contributed by atoms with van der Waals surface area (Å²) in [5.74, 6) is 0. The van der Waals surface area contributed by atoms with Gasteiger partial charge >= 0.3 is 0 Å². The Hall–Kier alpha value is -0.560. The molecule has 0 aliphatic heterocycles. The summed E-state index contributed by atoms with van der Waals surface area (Å²) >= 11 is 4.64. The lowest BCUT2D eigenvalue weighted by Gasteiger charge is -1.77. The molecule has 0 saturated heterocycles. The second-order valence-electron chi connectivity index (χ2n) is 1.54. The van der Waals surface area contributed by atoms with Gasteiger partial charge in [0.1, 0.15) is 7.05 Å². The van der Waals surface area contributed by atoms with Crippen molar-refractivity contribution in [2.24, 2.45) is 7.05 Å². The zero-order valence-corrected chi connectivity index (χ0v) is 6.47. The number of halogens is 1. The molecule has 0 N–H and O–H groups in total. The molecule has 1 heterocycles. The van der Waals surface area contributed by atoms with Crippen LogP contribution in [-0.4, -0.2) is 6.38 Å². The van der Waals surface area contributed by atoms with Crippen molar-refractivity contribution in [3.05, 3.63) is 30.6 Å². The lowest BCUT2D eigenvalue weighted by Crippen LogP contribution is -2.25. The number of aromatic nitrogens is 1. The maximum atomic E-state index is 4.64. The van der Waals surface area contributed by atoms with Crippen molar-refractivity contribution >= 4 is 11.6 Å². The highest BCUT2D eigenvalue weighted by Crippen LogP contribution is 1.71. The van der Waals surface area contributed by atoms with E-state index in [1.807, 2.05) is 42.2 Å². The predicted molar refractivity (Wildman–Crippen MR) is 39.4 cm³/mol. The maximum Gasteiger partial charge on any atom is 0.168 e. The monoisotopic (exact) mass is 144 g/mol. The molecule has 0 aliphatic carbocycles. The first kappa shape index (κ1) is 8.44. The highest BCUT2D eigenvalue weighted by atomic mass is 35.5. The third-order valence-corrected chi connectivity index (χ3v) is 0.865. The van der Waals surface area contributed by atoms with Gasteiger partial charge in [-0.2, -0.15) is 0 Å². The lowest BCUT2D eigenvalue weighted by molar-refractivity contribution is -0.671. The molecule has 0 bridgehead atoms. The minimum Gasteiger partial charge on any atom is -0.208 e. The topological polar surface area (TPSA) is 3.88 Å². The van der Waals surface area contributed by atoms with Gasteiger partial charge in [0, 0.05) is 18.5 Å². The smallest absolute Gasteiger partial charge is 0.168 e. The molecule has 0 unspecified atom stereocenters. The molecule has 1 rings (SSSR count). The molecule has 9 heavy (non-hydrogen) atoms. The van der Waals surface area contributed by atoms with Crippen molar-refractivity contribution in [3.8, 4) is 0 Å². The van der Waals surface area contributed by atoms with Crippen molar-refractivity contribution in [3.63, 3.8) is 0 Å². The third-order valence-electron chi connectivity index (χ3n) is 0.865. The van der Waals surface area contributed by atoms with E-state index in [9.17, 15) is 0 Å². The molecular weight excluding hydrogens is 134 g/mol. The van der Waals surface area contributed by atoms with Crippen LogP contribution in [0.3, 0.4) is 0 Å². The van der Waals surface area contributed by atoms with Gasteiger partial charge in [-0.15, -0.1) is 11.6 Å². The van der Waals surface area contributed by atoms with Gasteiger partial charge < -0.3 is 0 Å². The SMILES string of the molecule is CCl.C[n+]1ccccc1. The Morgan fingerprint density at radius 3 is 1.67 bits per heavy atom. The molecule has 0 radical (unpaired) electrons. The Balaban J connectivity index is 0.000000291. The molecule has 1 aromatic rings. The number of pyridine rings is 1. The number of alkyl halides is 1. The van der Waals surface area contributed by atoms with Crippen molar-refractivity contribution in [1.82, 2.24) is 0 Å². The molecule has 1 nitrogen and oxygen atoms in total. The Morgan fingerprint density at radius 2 is 1.44 bits per heavy atom. The summed E-state index contributed by atoms with van der Waals surface area (Å²) in [6.07, 6.45) is 5.47. The Bertz CT molecular complexity index is 139. The fourth-order valence-electron chi connectivity index (χ4n) is 0.485. The third kappa shape index (κ3) is 3.98.